The number of thiol groups is 1. The Morgan fingerprint density at radius 1 is 1.09 bits per heavy atom. The average molecular weight is 496 g/mol. The molecule has 3 amide bonds. The summed E-state index contributed by atoms with van der Waals surface area (Å²) >= 11 is 5.43. The highest BCUT2D eigenvalue weighted by atomic mass is 32.2. The normalized spacial score (nSPS) is 13.7. The number of H-pyrrole nitrogens is 1. The van der Waals surface area contributed by atoms with E-state index < -0.39 is 41.8 Å². The fourth-order valence-corrected chi connectivity index (χ4v) is 3.94. The summed E-state index contributed by atoms with van der Waals surface area (Å²) in [6, 6.07) is 4.41. The first-order valence-corrected chi connectivity index (χ1v) is 12.3. The number of benzene rings is 1. The Bertz CT molecular complexity index is 983. The number of hydrogen-bond acceptors (Lipinski definition) is 7. The Kier molecular flexibility index (Phi) is 10.6. The van der Waals surface area contributed by atoms with Crippen LogP contribution in [0.2, 0.25) is 0 Å². The summed E-state index contributed by atoms with van der Waals surface area (Å²) in [6.07, 6.45) is 4.07. The molecule has 0 bridgehead atoms. The molecule has 7 N–H and O–H groups in total. The molecule has 180 valence electrons. The zero-order chi connectivity index (χ0) is 24.4. The van der Waals surface area contributed by atoms with Gasteiger partial charge in [-0.05, 0) is 30.1 Å². The zero-order valence-corrected chi connectivity index (χ0v) is 19.9. The van der Waals surface area contributed by atoms with Gasteiger partial charge in [0.05, 0.1) is 6.54 Å². The summed E-state index contributed by atoms with van der Waals surface area (Å²) in [6.45, 7) is -0.295. The maximum Gasteiger partial charge on any atom is 0.327 e. The van der Waals surface area contributed by atoms with Crippen molar-refractivity contribution >= 4 is 59.0 Å². The minimum absolute atomic E-state index is 0.0972. The lowest BCUT2D eigenvalue weighted by Crippen LogP contribution is -2.57. The number of thioether (sulfide) groups is 1. The molecule has 2 aromatic rings. The number of carboxylic acids is 1. The van der Waals surface area contributed by atoms with Crippen LogP contribution in [0.15, 0.2) is 30.5 Å². The van der Waals surface area contributed by atoms with Gasteiger partial charge in [-0.25, -0.2) is 4.79 Å². The van der Waals surface area contributed by atoms with Crippen LogP contribution in [0, 0.1) is 0 Å². The van der Waals surface area contributed by atoms with Crippen LogP contribution >= 0.6 is 24.4 Å². The van der Waals surface area contributed by atoms with Gasteiger partial charge in [-0.3, -0.25) is 14.4 Å². The third-order valence-corrected chi connectivity index (χ3v) is 5.99. The molecule has 0 aliphatic heterocycles. The van der Waals surface area contributed by atoms with E-state index in [9.17, 15) is 24.3 Å². The number of nitrogens with one attached hydrogen (secondary N) is 4. The first-order chi connectivity index (χ1) is 15.8. The Labute approximate surface area is 201 Å². The second-order valence-electron chi connectivity index (χ2n) is 7.31. The summed E-state index contributed by atoms with van der Waals surface area (Å²) in [7, 11) is 0. The summed E-state index contributed by atoms with van der Waals surface area (Å²) < 4.78 is 0. The van der Waals surface area contributed by atoms with Gasteiger partial charge in [0.25, 0.3) is 0 Å². The Morgan fingerprint density at radius 2 is 1.76 bits per heavy atom. The molecule has 0 saturated carbocycles. The standard InChI is InChI=1S/C21H29N5O5S2/c1-33-7-6-15(19(28)26-17(11-32)21(30)31)25-20(29)16(24-18(27)9-22)8-12-10-23-14-5-3-2-4-13(12)14/h2-5,10,15-17,23,32H,6-9,11,22H2,1H3,(H,24,27)(H,25,29)(H,26,28)(H,30,31). The number of carbonyl (C=O) groups is 4. The quantitative estimate of drug-likeness (QED) is 0.190. The van der Waals surface area contributed by atoms with Crippen LogP contribution in [-0.4, -0.2) is 76.2 Å². The molecule has 33 heavy (non-hydrogen) atoms. The molecular formula is C21H29N5O5S2. The van der Waals surface area contributed by atoms with Crippen molar-refractivity contribution in [2.24, 2.45) is 5.73 Å². The molecule has 2 rings (SSSR count). The first kappa shape index (κ1) is 26.6. The van der Waals surface area contributed by atoms with Crippen molar-refractivity contribution in [2.45, 2.75) is 31.0 Å². The van der Waals surface area contributed by atoms with Gasteiger partial charge in [0.15, 0.2) is 0 Å². The van der Waals surface area contributed by atoms with Gasteiger partial charge in [0, 0.05) is 29.3 Å². The predicted octanol–water partition coefficient (Wildman–Crippen LogP) is -0.109. The maximum atomic E-state index is 13.1. The van der Waals surface area contributed by atoms with E-state index in [4.69, 9.17) is 5.73 Å². The zero-order valence-electron chi connectivity index (χ0n) is 18.2. The van der Waals surface area contributed by atoms with Gasteiger partial charge in [-0.2, -0.15) is 24.4 Å². The third kappa shape index (κ3) is 7.69. The number of fused-ring (bicyclic) bond motifs is 1. The monoisotopic (exact) mass is 495 g/mol. The molecule has 0 radical (unpaired) electrons. The Morgan fingerprint density at radius 3 is 2.39 bits per heavy atom. The largest absolute Gasteiger partial charge is 0.480 e. The van der Waals surface area contributed by atoms with E-state index in [-0.39, 0.29) is 25.1 Å². The van der Waals surface area contributed by atoms with Crippen molar-refractivity contribution in [3.05, 3.63) is 36.0 Å². The van der Waals surface area contributed by atoms with Crippen molar-refractivity contribution in [1.82, 2.24) is 20.9 Å². The predicted molar refractivity (Wildman–Crippen MR) is 131 cm³/mol. The van der Waals surface area contributed by atoms with Crippen LogP contribution in [0.25, 0.3) is 10.9 Å². The fraction of sp³-hybridized carbons (Fsp3) is 0.429. The van der Waals surface area contributed by atoms with E-state index in [0.717, 1.165) is 16.5 Å². The number of hydrogen-bond donors (Lipinski definition) is 7. The summed E-state index contributed by atoms with van der Waals surface area (Å²) in [5, 5.41) is 17.8. The van der Waals surface area contributed by atoms with E-state index >= 15 is 0 Å². The number of carboxylic acid groups (broad SMARTS) is 1. The lowest BCUT2D eigenvalue weighted by atomic mass is 10.0. The van der Waals surface area contributed by atoms with Crippen molar-refractivity contribution < 1.29 is 24.3 Å². The lowest BCUT2D eigenvalue weighted by molar-refractivity contribution is -0.141. The van der Waals surface area contributed by atoms with E-state index in [2.05, 4.69) is 33.6 Å². The van der Waals surface area contributed by atoms with Crippen LogP contribution in [0.1, 0.15) is 12.0 Å². The van der Waals surface area contributed by atoms with Gasteiger partial charge in [0.1, 0.15) is 18.1 Å². The summed E-state index contributed by atoms with van der Waals surface area (Å²) in [5.41, 5.74) is 7.12. The molecule has 12 heteroatoms. The number of aromatic nitrogens is 1. The summed E-state index contributed by atoms with van der Waals surface area (Å²) in [4.78, 5) is 52.2. The van der Waals surface area contributed by atoms with Crippen molar-refractivity contribution in [3.63, 3.8) is 0 Å². The molecular weight excluding hydrogens is 466 g/mol. The van der Waals surface area contributed by atoms with Gasteiger partial charge in [-0.1, -0.05) is 18.2 Å². The first-order valence-electron chi connectivity index (χ1n) is 10.3. The van der Waals surface area contributed by atoms with Gasteiger partial charge >= 0.3 is 5.97 Å². The topological polar surface area (TPSA) is 166 Å². The van der Waals surface area contributed by atoms with E-state index in [1.165, 1.54) is 11.8 Å². The number of rotatable bonds is 13. The molecule has 1 aromatic heterocycles. The van der Waals surface area contributed by atoms with Crippen molar-refractivity contribution in [1.29, 1.82) is 0 Å². The minimum Gasteiger partial charge on any atom is -0.480 e. The van der Waals surface area contributed by atoms with Gasteiger partial charge < -0.3 is 31.8 Å². The number of amides is 3. The molecule has 3 atom stereocenters. The number of nitrogens with two attached hydrogens (primary N) is 1. The van der Waals surface area contributed by atoms with Gasteiger partial charge in [-0.15, -0.1) is 0 Å². The highest BCUT2D eigenvalue weighted by molar-refractivity contribution is 7.98. The van der Waals surface area contributed by atoms with Crippen LogP contribution in [0.4, 0.5) is 0 Å². The van der Waals surface area contributed by atoms with Crippen LogP contribution in [-0.2, 0) is 25.6 Å². The van der Waals surface area contributed by atoms with Crippen LogP contribution < -0.4 is 21.7 Å². The van der Waals surface area contributed by atoms with E-state index in [0.29, 0.717) is 5.75 Å². The molecule has 1 heterocycles. The highest BCUT2D eigenvalue weighted by Gasteiger charge is 2.29. The molecule has 1 aromatic carbocycles. The lowest BCUT2D eigenvalue weighted by Gasteiger charge is -2.24. The fourth-order valence-electron chi connectivity index (χ4n) is 3.22. The Hall–Kier alpha value is -2.70. The third-order valence-electron chi connectivity index (χ3n) is 4.98. The number of para-hydroxylation sites is 1. The Balaban J connectivity index is 2.21. The minimum atomic E-state index is -1.22. The molecule has 0 aliphatic carbocycles. The smallest absolute Gasteiger partial charge is 0.327 e. The second-order valence-corrected chi connectivity index (χ2v) is 8.66. The molecule has 0 saturated heterocycles. The second kappa shape index (κ2) is 13.1. The van der Waals surface area contributed by atoms with Crippen LogP contribution in [0.5, 0.6) is 0 Å². The molecule has 10 nitrogen and oxygen atoms in total. The maximum absolute atomic E-state index is 13.1. The van der Waals surface area contributed by atoms with Crippen molar-refractivity contribution in [2.75, 3.05) is 24.3 Å². The molecule has 0 aliphatic rings. The molecule has 3 unspecified atom stereocenters. The number of carbonyl (C=O) groups excluding carboxylic acids is 3. The average Bonchev–Trinajstić information content (AvgIpc) is 3.21. The SMILES string of the molecule is CSCCC(NC(=O)C(Cc1c[nH]c2ccccc12)NC(=O)CN)C(=O)NC(CS)C(=O)O. The van der Waals surface area contributed by atoms with E-state index in [1.807, 2.05) is 30.5 Å². The van der Waals surface area contributed by atoms with Crippen molar-refractivity contribution in [3.8, 4) is 0 Å². The van der Waals surface area contributed by atoms with Gasteiger partial charge in [0.2, 0.25) is 17.7 Å². The molecule has 0 fully saturated rings. The van der Waals surface area contributed by atoms with E-state index in [1.54, 1.807) is 6.20 Å². The highest BCUT2D eigenvalue weighted by Crippen LogP contribution is 2.19. The molecule has 0 spiro atoms. The number of aliphatic carboxylic acids is 1. The summed E-state index contributed by atoms with van der Waals surface area (Å²) in [5.74, 6) is -2.48. The van der Waals surface area contributed by atoms with Crippen LogP contribution in [0.3, 0.4) is 0 Å². The number of aromatic amines is 1.